The molecule has 6 heteroatoms. The number of benzene rings is 1. The molecule has 3 rings (SSSR count). The zero-order valence-electron chi connectivity index (χ0n) is 12.7. The highest BCUT2D eigenvalue weighted by molar-refractivity contribution is 5.85. The Bertz CT molecular complexity index is 828. The summed E-state index contributed by atoms with van der Waals surface area (Å²) >= 11 is 0. The van der Waals surface area contributed by atoms with Gasteiger partial charge in [-0.3, -0.25) is 0 Å². The van der Waals surface area contributed by atoms with Crippen molar-refractivity contribution in [1.29, 1.82) is 0 Å². The number of carboxylic acid groups (broad SMARTS) is 1. The Labute approximate surface area is 133 Å². The lowest BCUT2D eigenvalue weighted by Crippen LogP contribution is -2.06. The molecule has 3 aromatic rings. The summed E-state index contributed by atoms with van der Waals surface area (Å²) in [6, 6.07) is 13.0. The molecule has 2 aromatic heterocycles. The number of aromatic nitrogens is 4. The molecule has 0 aliphatic heterocycles. The lowest BCUT2D eigenvalue weighted by Gasteiger charge is -2.08. The van der Waals surface area contributed by atoms with Crippen molar-refractivity contribution in [2.45, 2.75) is 19.8 Å². The maximum atomic E-state index is 11.0. The van der Waals surface area contributed by atoms with E-state index >= 15 is 0 Å². The van der Waals surface area contributed by atoms with Crippen LogP contribution < -0.4 is 0 Å². The SMILES string of the molecule is CCCc1cc(-n2ccc(C(=O)O)n2)nc(-c2ccccc2)n1. The number of carboxylic acids is 1. The fourth-order valence-electron chi connectivity index (χ4n) is 2.27. The molecule has 0 aliphatic carbocycles. The fraction of sp³-hybridized carbons (Fsp3) is 0.176. The largest absolute Gasteiger partial charge is 0.476 e. The van der Waals surface area contributed by atoms with E-state index in [0.717, 1.165) is 24.1 Å². The number of nitrogens with zero attached hydrogens (tertiary/aromatic N) is 4. The van der Waals surface area contributed by atoms with E-state index in [2.05, 4.69) is 22.0 Å². The van der Waals surface area contributed by atoms with Gasteiger partial charge in [-0.05, 0) is 12.5 Å². The minimum absolute atomic E-state index is 0.0121. The molecule has 2 heterocycles. The first-order valence-corrected chi connectivity index (χ1v) is 7.40. The van der Waals surface area contributed by atoms with Crippen LogP contribution >= 0.6 is 0 Å². The fourth-order valence-corrected chi connectivity index (χ4v) is 2.27. The van der Waals surface area contributed by atoms with Crippen molar-refractivity contribution in [3.05, 3.63) is 60.0 Å². The van der Waals surface area contributed by atoms with E-state index in [4.69, 9.17) is 5.11 Å². The van der Waals surface area contributed by atoms with E-state index in [1.54, 1.807) is 6.20 Å². The Morgan fingerprint density at radius 1 is 1.17 bits per heavy atom. The molecule has 0 saturated heterocycles. The molecule has 0 atom stereocenters. The van der Waals surface area contributed by atoms with Crippen LogP contribution in [0.3, 0.4) is 0 Å². The molecule has 0 saturated carbocycles. The molecule has 0 amide bonds. The molecule has 0 aliphatic rings. The van der Waals surface area contributed by atoms with Crippen molar-refractivity contribution in [2.75, 3.05) is 0 Å². The summed E-state index contributed by atoms with van der Waals surface area (Å²) < 4.78 is 1.47. The first kappa shape index (κ1) is 14.9. The predicted octanol–water partition coefficient (Wildman–Crippen LogP) is 2.98. The van der Waals surface area contributed by atoms with Crippen molar-refractivity contribution >= 4 is 5.97 Å². The zero-order chi connectivity index (χ0) is 16.2. The molecular weight excluding hydrogens is 292 g/mol. The Balaban J connectivity index is 2.08. The summed E-state index contributed by atoms with van der Waals surface area (Å²) in [5.41, 5.74) is 1.81. The average molecular weight is 308 g/mol. The van der Waals surface area contributed by atoms with Gasteiger partial charge in [0.1, 0.15) is 0 Å². The van der Waals surface area contributed by atoms with Crippen LogP contribution in [0.5, 0.6) is 0 Å². The smallest absolute Gasteiger partial charge is 0.356 e. The van der Waals surface area contributed by atoms with E-state index < -0.39 is 5.97 Å². The molecule has 6 nitrogen and oxygen atoms in total. The van der Waals surface area contributed by atoms with Crippen LogP contribution in [-0.2, 0) is 6.42 Å². The van der Waals surface area contributed by atoms with E-state index in [1.807, 2.05) is 36.4 Å². The standard InChI is InChI=1S/C17H16N4O2/c1-2-6-13-11-15(21-10-9-14(20-21)17(22)23)19-16(18-13)12-7-4-3-5-8-12/h3-5,7-11H,2,6H2,1H3,(H,22,23). The number of hydrogen-bond acceptors (Lipinski definition) is 4. The van der Waals surface area contributed by atoms with Crippen molar-refractivity contribution in [1.82, 2.24) is 19.7 Å². The molecule has 116 valence electrons. The number of aryl methyl sites for hydroxylation is 1. The van der Waals surface area contributed by atoms with Gasteiger partial charge in [-0.15, -0.1) is 0 Å². The third-order valence-electron chi connectivity index (χ3n) is 3.35. The minimum atomic E-state index is -1.06. The van der Waals surface area contributed by atoms with E-state index in [9.17, 15) is 4.79 Å². The summed E-state index contributed by atoms with van der Waals surface area (Å²) in [6.07, 6.45) is 3.38. The maximum absolute atomic E-state index is 11.0. The summed E-state index contributed by atoms with van der Waals surface area (Å²) in [6.45, 7) is 2.08. The lowest BCUT2D eigenvalue weighted by atomic mass is 10.2. The second kappa shape index (κ2) is 6.39. The van der Waals surface area contributed by atoms with Crippen LogP contribution in [0.25, 0.3) is 17.2 Å². The lowest BCUT2D eigenvalue weighted by molar-refractivity contribution is 0.0690. The van der Waals surface area contributed by atoms with Gasteiger partial charge in [-0.25, -0.2) is 19.4 Å². The highest BCUT2D eigenvalue weighted by atomic mass is 16.4. The molecule has 1 N–H and O–H groups in total. The van der Waals surface area contributed by atoms with Crippen molar-refractivity contribution in [3.8, 4) is 17.2 Å². The summed E-state index contributed by atoms with van der Waals surface area (Å²) in [7, 11) is 0. The Morgan fingerprint density at radius 2 is 1.96 bits per heavy atom. The first-order chi connectivity index (χ1) is 11.2. The van der Waals surface area contributed by atoms with Gasteiger partial charge in [-0.1, -0.05) is 43.7 Å². The van der Waals surface area contributed by atoms with E-state index in [0.29, 0.717) is 11.6 Å². The van der Waals surface area contributed by atoms with Crippen LogP contribution in [0, 0.1) is 0 Å². The number of hydrogen-bond donors (Lipinski definition) is 1. The molecule has 1 aromatic carbocycles. The van der Waals surface area contributed by atoms with Crippen LogP contribution in [0.2, 0.25) is 0 Å². The van der Waals surface area contributed by atoms with Crippen LogP contribution in [0.4, 0.5) is 0 Å². The quantitative estimate of drug-likeness (QED) is 0.783. The van der Waals surface area contributed by atoms with Crippen LogP contribution in [-0.4, -0.2) is 30.8 Å². The number of aromatic carboxylic acids is 1. The summed E-state index contributed by atoms with van der Waals surface area (Å²) in [5, 5.41) is 13.1. The Kier molecular flexibility index (Phi) is 4.14. The topological polar surface area (TPSA) is 80.9 Å². The van der Waals surface area contributed by atoms with E-state index in [-0.39, 0.29) is 5.69 Å². The van der Waals surface area contributed by atoms with Crippen LogP contribution in [0.15, 0.2) is 48.7 Å². The Morgan fingerprint density at radius 3 is 2.61 bits per heavy atom. The molecular formula is C17H16N4O2. The monoisotopic (exact) mass is 308 g/mol. The normalized spacial score (nSPS) is 10.7. The molecule has 0 radical (unpaired) electrons. The molecule has 0 fully saturated rings. The molecule has 0 spiro atoms. The molecule has 23 heavy (non-hydrogen) atoms. The number of rotatable bonds is 5. The average Bonchev–Trinajstić information content (AvgIpc) is 3.06. The van der Waals surface area contributed by atoms with Gasteiger partial charge in [0.05, 0.1) is 0 Å². The van der Waals surface area contributed by atoms with Crippen molar-refractivity contribution in [3.63, 3.8) is 0 Å². The van der Waals surface area contributed by atoms with Crippen LogP contribution in [0.1, 0.15) is 29.5 Å². The van der Waals surface area contributed by atoms with Gasteiger partial charge in [0, 0.05) is 23.5 Å². The highest BCUT2D eigenvalue weighted by Crippen LogP contribution is 2.18. The van der Waals surface area contributed by atoms with Gasteiger partial charge >= 0.3 is 5.97 Å². The zero-order valence-corrected chi connectivity index (χ0v) is 12.7. The third kappa shape index (κ3) is 3.26. The third-order valence-corrected chi connectivity index (χ3v) is 3.35. The van der Waals surface area contributed by atoms with Gasteiger partial charge in [0.25, 0.3) is 0 Å². The minimum Gasteiger partial charge on any atom is -0.476 e. The van der Waals surface area contributed by atoms with Gasteiger partial charge < -0.3 is 5.11 Å². The number of carbonyl (C=O) groups is 1. The van der Waals surface area contributed by atoms with E-state index in [1.165, 1.54) is 10.7 Å². The highest BCUT2D eigenvalue weighted by Gasteiger charge is 2.11. The van der Waals surface area contributed by atoms with Gasteiger partial charge in [-0.2, -0.15) is 5.10 Å². The Hall–Kier alpha value is -3.02. The first-order valence-electron chi connectivity index (χ1n) is 7.40. The molecule has 0 bridgehead atoms. The predicted molar refractivity (Wildman–Crippen MR) is 85.5 cm³/mol. The van der Waals surface area contributed by atoms with Crippen molar-refractivity contribution in [2.24, 2.45) is 0 Å². The molecule has 0 unspecified atom stereocenters. The summed E-state index contributed by atoms with van der Waals surface area (Å²) in [5.74, 6) is 0.114. The van der Waals surface area contributed by atoms with Crippen molar-refractivity contribution < 1.29 is 9.90 Å². The second-order valence-electron chi connectivity index (χ2n) is 5.11. The van der Waals surface area contributed by atoms with Gasteiger partial charge in [0.2, 0.25) is 0 Å². The second-order valence-corrected chi connectivity index (χ2v) is 5.11. The summed E-state index contributed by atoms with van der Waals surface area (Å²) in [4.78, 5) is 20.1. The maximum Gasteiger partial charge on any atom is 0.356 e. The van der Waals surface area contributed by atoms with Gasteiger partial charge in [0.15, 0.2) is 17.3 Å².